The minimum atomic E-state index is -4.21. The van der Waals surface area contributed by atoms with Gasteiger partial charge in [-0.3, -0.25) is 4.98 Å². The molecule has 0 radical (unpaired) electrons. The Balaban J connectivity index is 1.45. The van der Waals surface area contributed by atoms with Crippen molar-refractivity contribution in [2.75, 3.05) is 18.4 Å². The quantitative estimate of drug-likeness (QED) is 0.375. The summed E-state index contributed by atoms with van der Waals surface area (Å²) in [5.41, 5.74) is 2.26. The van der Waals surface area contributed by atoms with Gasteiger partial charge in [0.15, 0.2) is 5.65 Å². The summed E-state index contributed by atoms with van der Waals surface area (Å²) in [6.07, 6.45) is 6.38. The zero-order chi connectivity index (χ0) is 24.6. The first-order valence-corrected chi connectivity index (χ1v) is 13.2. The third-order valence-corrected chi connectivity index (χ3v) is 8.40. The standard InChI is InChI=1S/C23H21BrF2N6O2S/c24-18-13-29-32-22(28-12-15-3-1-7-27-11-15)10-20(30-23(18)32)16-4-2-8-31(14-16)35(33,34)21-9-17(25)5-6-19(21)26/h1,3,5-7,9-11,13,16,28H,2,4,8,12,14H2. The Hall–Kier alpha value is -2.96. The molecule has 4 heterocycles. The number of piperidine rings is 1. The molecule has 35 heavy (non-hydrogen) atoms. The monoisotopic (exact) mass is 562 g/mol. The van der Waals surface area contributed by atoms with Crippen LogP contribution in [-0.4, -0.2) is 45.4 Å². The largest absolute Gasteiger partial charge is 0.366 e. The molecule has 4 aromatic rings. The van der Waals surface area contributed by atoms with Gasteiger partial charge in [-0.15, -0.1) is 0 Å². The van der Waals surface area contributed by atoms with Crippen LogP contribution in [0.1, 0.15) is 30.0 Å². The van der Waals surface area contributed by atoms with Crippen LogP contribution >= 0.6 is 15.9 Å². The normalized spacial score (nSPS) is 17.1. The van der Waals surface area contributed by atoms with Crippen LogP contribution in [-0.2, 0) is 16.6 Å². The first-order chi connectivity index (χ1) is 16.8. The van der Waals surface area contributed by atoms with Crippen molar-refractivity contribution in [3.8, 4) is 0 Å². The molecule has 0 bridgehead atoms. The van der Waals surface area contributed by atoms with Crippen molar-refractivity contribution in [2.24, 2.45) is 0 Å². The Morgan fingerprint density at radius 2 is 2.03 bits per heavy atom. The van der Waals surface area contributed by atoms with Crippen molar-refractivity contribution in [3.05, 3.63) is 82.4 Å². The minimum Gasteiger partial charge on any atom is -0.366 e. The van der Waals surface area contributed by atoms with Crippen molar-refractivity contribution in [3.63, 3.8) is 0 Å². The second kappa shape index (κ2) is 9.59. The van der Waals surface area contributed by atoms with E-state index in [-0.39, 0.29) is 19.0 Å². The van der Waals surface area contributed by atoms with E-state index in [4.69, 9.17) is 4.98 Å². The number of sulfonamides is 1. The number of hydrogen-bond acceptors (Lipinski definition) is 6. The molecule has 8 nitrogen and oxygen atoms in total. The average molecular weight is 563 g/mol. The zero-order valence-electron chi connectivity index (χ0n) is 18.4. The molecule has 182 valence electrons. The number of halogens is 3. The van der Waals surface area contributed by atoms with Crippen molar-refractivity contribution >= 4 is 37.4 Å². The van der Waals surface area contributed by atoms with Gasteiger partial charge >= 0.3 is 0 Å². The van der Waals surface area contributed by atoms with Gasteiger partial charge in [-0.05, 0) is 58.6 Å². The summed E-state index contributed by atoms with van der Waals surface area (Å²) in [5.74, 6) is -1.32. The summed E-state index contributed by atoms with van der Waals surface area (Å²) in [6, 6.07) is 8.11. The highest BCUT2D eigenvalue weighted by molar-refractivity contribution is 9.10. The second-order valence-electron chi connectivity index (χ2n) is 8.29. The van der Waals surface area contributed by atoms with Crippen molar-refractivity contribution in [1.29, 1.82) is 0 Å². The Kier molecular flexibility index (Phi) is 6.51. The number of rotatable bonds is 6. The maximum atomic E-state index is 14.3. The fourth-order valence-corrected chi connectivity index (χ4v) is 6.15. The van der Waals surface area contributed by atoms with Gasteiger partial charge < -0.3 is 5.32 Å². The summed E-state index contributed by atoms with van der Waals surface area (Å²) in [4.78, 5) is 8.21. The van der Waals surface area contributed by atoms with Gasteiger partial charge in [-0.2, -0.15) is 13.9 Å². The molecule has 0 amide bonds. The average Bonchev–Trinajstić information content (AvgIpc) is 3.25. The lowest BCUT2D eigenvalue weighted by molar-refractivity contribution is 0.311. The summed E-state index contributed by atoms with van der Waals surface area (Å²) >= 11 is 3.48. The van der Waals surface area contributed by atoms with E-state index in [1.165, 1.54) is 4.31 Å². The summed E-state index contributed by atoms with van der Waals surface area (Å²) in [7, 11) is -4.21. The molecular formula is C23H21BrF2N6O2S. The highest BCUT2D eigenvalue weighted by Gasteiger charge is 2.34. The molecule has 0 saturated carbocycles. The summed E-state index contributed by atoms with van der Waals surface area (Å²) < 4.78 is 57.9. The van der Waals surface area contributed by atoms with Gasteiger partial charge in [-0.25, -0.2) is 22.2 Å². The van der Waals surface area contributed by atoms with Crippen LogP contribution in [0, 0.1) is 11.6 Å². The number of nitrogens with zero attached hydrogens (tertiary/aromatic N) is 5. The van der Waals surface area contributed by atoms with E-state index in [1.54, 1.807) is 23.1 Å². The number of benzene rings is 1. The molecule has 1 aliphatic rings. The lowest BCUT2D eigenvalue weighted by atomic mass is 9.96. The van der Waals surface area contributed by atoms with Gasteiger partial charge in [0.1, 0.15) is 22.3 Å². The van der Waals surface area contributed by atoms with Crippen LogP contribution in [0.15, 0.2) is 64.4 Å². The first-order valence-electron chi connectivity index (χ1n) is 10.9. The predicted octanol–water partition coefficient (Wildman–Crippen LogP) is 4.35. The molecule has 12 heteroatoms. The molecule has 1 aromatic carbocycles. The molecular weight excluding hydrogens is 542 g/mol. The lowest BCUT2D eigenvalue weighted by Gasteiger charge is -2.32. The molecule has 0 aliphatic carbocycles. The molecule has 1 unspecified atom stereocenters. The van der Waals surface area contributed by atoms with Gasteiger partial charge in [0.05, 0.1) is 16.4 Å². The van der Waals surface area contributed by atoms with Crippen molar-refractivity contribution < 1.29 is 17.2 Å². The van der Waals surface area contributed by atoms with Crippen molar-refractivity contribution in [2.45, 2.75) is 30.2 Å². The summed E-state index contributed by atoms with van der Waals surface area (Å²) in [5, 5.41) is 7.73. The molecule has 1 fully saturated rings. The fourth-order valence-electron chi connectivity index (χ4n) is 4.20. The van der Waals surface area contributed by atoms with Crippen LogP contribution < -0.4 is 5.32 Å². The van der Waals surface area contributed by atoms with Crippen LogP contribution in [0.3, 0.4) is 0 Å². The lowest BCUT2D eigenvalue weighted by Crippen LogP contribution is -2.39. The molecule has 3 aromatic heterocycles. The van der Waals surface area contributed by atoms with E-state index in [9.17, 15) is 17.2 Å². The van der Waals surface area contributed by atoms with Crippen LogP contribution in [0.5, 0.6) is 0 Å². The smallest absolute Gasteiger partial charge is 0.246 e. The van der Waals surface area contributed by atoms with Gasteiger partial charge in [0.2, 0.25) is 10.0 Å². The van der Waals surface area contributed by atoms with Gasteiger partial charge in [-0.1, -0.05) is 6.07 Å². The van der Waals surface area contributed by atoms with Gasteiger partial charge in [0, 0.05) is 44.0 Å². The Morgan fingerprint density at radius 1 is 1.17 bits per heavy atom. The second-order valence-corrected chi connectivity index (χ2v) is 11.0. The fraction of sp³-hybridized carbons (Fsp3) is 0.261. The Morgan fingerprint density at radius 3 is 2.83 bits per heavy atom. The predicted molar refractivity (Wildman–Crippen MR) is 129 cm³/mol. The van der Waals surface area contributed by atoms with Crippen LogP contribution in [0.4, 0.5) is 14.6 Å². The molecule has 0 spiro atoms. The molecule has 5 rings (SSSR count). The van der Waals surface area contributed by atoms with E-state index >= 15 is 0 Å². The number of anilines is 1. The molecule has 1 aliphatic heterocycles. The number of fused-ring (bicyclic) bond motifs is 1. The minimum absolute atomic E-state index is 0.106. The van der Waals surface area contributed by atoms with E-state index in [1.807, 2.05) is 18.2 Å². The number of aromatic nitrogens is 4. The molecule has 1 N–H and O–H groups in total. The molecule has 1 saturated heterocycles. The third kappa shape index (κ3) is 4.78. The maximum absolute atomic E-state index is 14.3. The highest BCUT2D eigenvalue weighted by Crippen LogP contribution is 2.32. The van der Waals surface area contributed by atoms with E-state index in [2.05, 4.69) is 31.3 Å². The number of hydrogen-bond donors (Lipinski definition) is 1. The van der Waals surface area contributed by atoms with Crippen LogP contribution in [0.2, 0.25) is 0 Å². The van der Waals surface area contributed by atoms with Gasteiger partial charge in [0.25, 0.3) is 0 Å². The van der Waals surface area contributed by atoms with E-state index < -0.39 is 26.6 Å². The Bertz CT molecular complexity index is 1480. The van der Waals surface area contributed by atoms with E-state index in [0.717, 1.165) is 23.8 Å². The molecule has 1 atom stereocenters. The Labute approximate surface area is 209 Å². The van der Waals surface area contributed by atoms with Crippen molar-refractivity contribution in [1.82, 2.24) is 23.9 Å². The third-order valence-electron chi connectivity index (χ3n) is 5.96. The summed E-state index contributed by atoms with van der Waals surface area (Å²) in [6.45, 7) is 0.836. The first kappa shape index (κ1) is 23.8. The number of pyridine rings is 1. The SMILES string of the molecule is O=S(=O)(c1cc(F)ccc1F)N1CCCC(c2cc(NCc3cccnc3)n3ncc(Br)c3n2)C1. The van der Waals surface area contributed by atoms with Crippen LogP contribution in [0.25, 0.3) is 5.65 Å². The van der Waals surface area contributed by atoms with E-state index in [0.29, 0.717) is 41.0 Å². The topological polar surface area (TPSA) is 92.5 Å². The highest BCUT2D eigenvalue weighted by atomic mass is 79.9. The maximum Gasteiger partial charge on any atom is 0.246 e. The number of nitrogens with one attached hydrogen (secondary N) is 1. The zero-order valence-corrected chi connectivity index (χ0v) is 20.8.